The second kappa shape index (κ2) is 9.00. The topological polar surface area (TPSA) is 68.2 Å². The summed E-state index contributed by atoms with van der Waals surface area (Å²) in [7, 11) is 0. The molecule has 1 fully saturated rings. The predicted molar refractivity (Wildman–Crippen MR) is 104 cm³/mol. The Kier molecular flexibility index (Phi) is 7.01. The maximum Gasteiger partial charge on any atom is 0.189 e. The molecule has 130 valence electrons. The van der Waals surface area contributed by atoms with Crippen LogP contribution in [0.3, 0.4) is 0 Å². The average Bonchev–Trinajstić information content (AvgIpc) is 3.04. The van der Waals surface area contributed by atoms with Gasteiger partial charge in [0.25, 0.3) is 0 Å². The molecule has 24 heavy (non-hydrogen) atoms. The average molecular weight is 443 g/mol. The summed E-state index contributed by atoms with van der Waals surface area (Å²) in [5.41, 5.74) is 7.59. The summed E-state index contributed by atoms with van der Waals surface area (Å²) in [6.07, 6.45) is 7.99. The van der Waals surface area contributed by atoms with Crippen LogP contribution in [0.4, 0.5) is 4.39 Å². The van der Waals surface area contributed by atoms with E-state index in [9.17, 15) is 4.39 Å². The molecule has 1 saturated carbocycles. The molecule has 3 rings (SSSR count). The molecule has 2 aromatic rings. The molecule has 0 unspecified atom stereocenters. The molecular formula is C17H23FIN5. The highest BCUT2D eigenvalue weighted by Crippen LogP contribution is 2.17. The number of nitrogens with one attached hydrogen (secondary N) is 1. The van der Waals surface area contributed by atoms with Crippen molar-refractivity contribution in [2.24, 2.45) is 10.7 Å². The largest absolute Gasteiger partial charge is 0.370 e. The summed E-state index contributed by atoms with van der Waals surface area (Å²) in [5, 5.41) is 7.72. The number of nitrogens with zero attached hydrogens (tertiary/aromatic N) is 3. The van der Waals surface area contributed by atoms with Crippen LogP contribution in [0.25, 0.3) is 5.69 Å². The van der Waals surface area contributed by atoms with Crippen molar-refractivity contribution in [1.29, 1.82) is 0 Å². The third-order valence-electron chi connectivity index (χ3n) is 4.10. The normalized spacial score (nSPS) is 15.8. The molecule has 1 aliphatic carbocycles. The van der Waals surface area contributed by atoms with Gasteiger partial charge in [-0.15, -0.1) is 24.0 Å². The second-order valence-corrected chi connectivity index (χ2v) is 5.91. The number of hydrogen-bond donors (Lipinski definition) is 2. The SMILES string of the molecule is I.NC(=NCc1ccn(-c2ccc(F)cc2)n1)NC1CCCCC1. The first-order chi connectivity index (χ1) is 11.2. The van der Waals surface area contributed by atoms with Gasteiger partial charge in [-0.3, -0.25) is 0 Å². The summed E-state index contributed by atoms with van der Waals surface area (Å²) in [4.78, 5) is 4.36. The number of aliphatic imine (C=N–C) groups is 1. The van der Waals surface area contributed by atoms with Crippen molar-refractivity contribution in [3.05, 3.63) is 48.0 Å². The van der Waals surface area contributed by atoms with Crippen LogP contribution in [0.15, 0.2) is 41.5 Å². The third-order valence-corrected chi connectivity index (χ3v) is 4.10. The molecule has 0 spiro atoms. The Morgan fingerprint density at radius 2 is 1.92 bits per heavy atom. The molecule has 1 heterocycles. The quantitative estimate of drug-likeness (QED) is 0.433. The van der Waals surface area contributed by atoms with Crippen LogP contribution in [-0.2, 0) is 6.54 Å². The summed E-state index contributed by atoms with van der Waals surface area (Å²) < 4.78 is 14.6. The molecule has 1 aromatic carbocycles. The Hall–Kier alpha value is -1.64. The van der Waals surface area contributed by atoms with Gasteiger partial charge in [0.1, 0.15) is 5.82 Å². The van der Waals surface area contributed by atoms with E-state index in [1.807, 2.05) is 12.3 Å². The van der Waals surface area contributed by atoms with Crippen molar-refractivity contribution in [2.75, 3.05) is 0 Å². The van der Waals surface area contributed by atoms with Crippen molar-refractivity contribution in [3.63, 3.8) is 0 Å². The molecule has 3 N–H and O–H groups in total. The first-order valence-corrected chi connectivity index (χ1v) is 8.08. The standard InChI is InChI=1S/C17H22FN5.HI/c18-13-6-8-16(9-7-13)23-11-10-15(22-23)12-20-17(19)21-14-4-2-1-3-5-14;/h6-11,14H,1-5,12H2,(H3,19,20,21);1H. The number of nitrogens with two attached hydrogens (primary N) is 1. The maximum absolute atomic E-state index is 12.9. The number of halogens is 2. The van der Waals surface area contributed by atoms with Gasteiger partial charge in [0.2, 0.25) is 0 Å². The van der Waals surface area contributed by atoms with Crippen LogP contribution in [0.5, 0.6) is 0 Å². The zero-order valence-corrected chi connectivity index (χ0v) is 15.8. The van der Waals surface area contributed by atoms with Crippen LogP contribution in [0.2, 0.25) is 0 Å². The predicted octanol–water partition coefficient (Wildman–Crippen LogP) is 3.37. The summed E-state index contributed by atoms with van der Waals surface area (Å²) in [6.45, 7) is 0.430. The Bertz CT molecular complexity index is 662. The van der Waals surface area contributed by atoms with E-state index >= 15 is 0 Å². The lowest BCUT2D eigenvalue weighted by Gasteiger charge is -2.23. The van der Waals surface area contributed by atoms with Crippen LogP contribution >= 0.6 is 24.0 Å². The van der Waals surface area contributed by atoms with Gasteiger partial charge in [-0.25, -0.2) is 14.1 Å². The summed E-state index contributed by atoms with van der Waals surface area (Å²) in [6, 6.07) is 8.55. The molecule has 7 heteroatoms. The molecule has 0 bridgehead atoms. The van der Waals surface area contributed by atoms with E-state index in [1.165, 1.54) is 31.4 Å². The number of hydrogen-bond acceptors (Lipinski definition) is 2. The van der Waals surface area contributed by atoms with Crippen molar-refractivity contribution >= 4 is 29.9 Å². The smallest absolute Gasteiger partial charge is 0.189 e. The Balaban J connectivity index is 0.00000208. The minimum absolute atomic E-state index is 0. The van der Waals surface area contributed by atoms with Gasteiger partial charge in [0, 0.05) is 12.2 Å². The molecule has 5 nitrogen and oxygen atoms in total. The monoisotopic (exact) mass is 443 g/mol. The molecule has 0 amide bonds. The van der Waals surface area contributed by atoms with Crippen molar-refractivity contribution in [1.82, 2.24) is 15.1 Å². The Labute approximate surface area is 158 Å². The van der Waals surface area contributed by atoms with Crippen LogP contribution in [0.1, 0.15) is 37.8 Å². The van der Waals surface area contributed by atoms with Crippen LogP contribution < -0.4 is 11.1 Å². The summed E-state index contributed by atoms with van der Waals surface area (Å²) >= 11 is 0. The van der Waals surface area contributed by atoms with Gasteiger partial charge in [-0.2, -0.15) is 5.10 Å². The minimum atomic E-state index is -0.257. The number of aromatic nitrogens is 2. The van der Waals surface area contributed by atoms with E-state index < -0.39 is 0 Å². The Morgan fingerprint density at radius 1 is 1.21 bits per heavy atom. The van der Waals surface area contributed by atoms with Crippen molar-refractivity contribution < 1.29 is 4.39 Å². The number of rotatable bonds is 4. The zero-order chi connectivity index (χ0) is 16.1. The highest BCUT2D eigenvalue weighted by Gasteiger charge is 2.13. The van der Waals surface area contributed by atoms with Gasteiger partial charge < -0.3 is 11.1 Å². The van der Waals surface area contributed by atoms with E-state index in [0.717, 1.165) is 24.2 Å². The molecular weight excluding hydrogens is 420 g/mol. The van der Waals surface area contributed by atoms with Gasteiger partial charge >= 0.3 is 0 Å². The van der Waals surface area contributed by atoms with Crippen molar-refractivity contribution in [2.45, 2.75) is 44.7 Å². The molecule has 0 aliphatic heterocycles. The highest BCUT2D eigenvalue weighted by atomic mass is 127. The van der Waals surface area contributed by atoms with E-state index in [4.69, 9.17) is 5.73 Å². The third kappa shape index (κ3) is 5.19. The lowest BCUT2D eigenvalue weighted by Crippen LogP contribution is -2.41. The van der Waals surface area contributed by atoms with Gasteiger partial charge in [0.15, 0.2) is 5.96 Å². The van der Waals surface area contributed by atoms with E-state index in [-0.39, 0.29) is 29.8 Å². The summed E-state index contributed by atoms with van der Waals surface area (Å²) in [5.74, 6) is 0.223. The first kappa shape index (κ1) is 18.7. The lowest BCUT2D eigenvalue weighted by atomic mass is 9.96. The van der Waals surface area contributed by atoms with Gasteiger partial charge in [-0.1, -0.05) is 19.3 Å². The van der Waals surface area contributed by atoms with E-state index in [0.29, 0.717) is 18.5 Å². The fourth-order valence-corrected chi connectivity index (χ4v) is 2.85. The van der Waals surface area contributed by atoms with Crippen molar-refractivity contribution in [3.8, 4) is 5.69 Å². The van der Waals surface area contributed by atoms with Gasteiger partial charge in [0.05, 0.1) is 17.9 Å². The zero-order valence-electron chi connectivity index (χ0n) is 13.5. The second-order valence-electron chi connectivity index (χ2n) is 5.91. The molecule has 0 saturated heterocycles. The van der Waals surface area contributed by atoms with E-state index in [1.54, 1.807) is 16.8 Å². The number of guanidine groups is 1. The first-order valence-electron chi connectivity index (χ1n) is 8.08. The van der Waals surface area contributed by atoms with Crippen LogP contribution in [0, 0.1) is 5.82 Å². The number of benzene rings is 1. The molecule has 0 atom stereocenters. The molecule has 1 aromatic heterocycles. The van der Waals surface area contributed by atoms with Crippen LogP contribution in [-0.4, -0.2) is 21.8 Å². The fraction of sp³-hybridized carbons (Fsp3) is 0.412. The molecule has 1 aliphatic rings. The molecule has 0 radical (unpaired) electrons. The minimum Gasteiger partial charge on any atom is -0.370 e. The highest BCUT2D eigenvalue weighted by molar-refractivity contribution is 14.0. The Morgan fingerprint density at radius 3 is 2.62 bits per heavy atom. The van der Waals surface area contributed by atoms with Gasteiger partial charge in [-0.05, 0) is 43.2 Å². The van der Waals surface area contributed by atoms with E-state index in [2.05, 4.69) is 15.4 Å². The lowest BCUT2D eigenvalue weighted by molar-refractivity contribution is 0.412. The maximum atomic E-state index is 12.9. The fourth-order valence-electron chi connectivity index (χ4n) is 2.85.